The first-order chi connectivity index (χ1) is 9.37. The lowest BCUT2D eigenvalue weighted by Crippen LogP contribution is -2.37. The van der Waals surface area contributed by atoms with Crippen LogP contribution in [0.25, 0.3) is 0 Å². The Kier molecular flexibility index (Phi) is 4.60. The number of benzene rings is 1. The zero-order valence-corrected chi connectivity index (χ0v) is 12.3. The highest BCUT2D eigenvalue weighted by Crippen LogP contribution is 2.26. The van der Waals surface area contributed by atoms with Crippen molar-refractivity contribution >= 4 is 5.69 Å². The van der Waals surface area contributed by atoms with Gasteiger partial charge in [0.25, 0.3) is 0 Å². The normalized spacial score (nSPS) is 16.6. The number of ether oxygens (including phenoxy) is 1. The number of anilines is 1. The minimum Gasteiger partial charge on any atom is -0.378 e. The topological polar surface area (TPSA) is 24.5 Å². The summed E-state index contributed by atoms with van der Waals surface area (Å²) in [5, 5.41) is 3.22. The van der Waals surface area contributed by atoms with E-state index in [9.17, 15) is 8.78 Å². The largest absolute Gasteiger partial charge is 0.378 e. The summed E-state index contributed by atoms with van der Waals surface area (Å²) in [6.07, 6.45) is 0. The Labute approximate surface area is 118 Å². The lowest BCUT2D eigenvalue weighted by atomic mass is 10.1. The third-order valence-electron chi connectivity index (χ3n) is 3.23. The van der Waals surface area contributed by atoms with E-state index < -0.39 is 11.6 Å². The molecule has 1 aromatic carbocycles. The van der Waals surface area contributed by atoms with Crippen LogP contribution in [0, 0.1) is 11.6 Å². The second-order valence-corrected chi connectivity index (χ2v) is 6.11. The van der Waals surface area contributed by atoms with Gasteiger partial charge in [-0.05, 0) is 38.5 Å². The molecule has 0 aromatic heterocycles. The summed E-state index contributed by atoms with van der Waals surface area (Å²) in [6.45, 7) is 8.55. The van der Waals surface area contributed by atoms with E-state index in [1.807, 2.05) is 20.8 Å². The lowest BCUT2D eigenvalue weighted by molar-refractivity contribution is 0.122. The Morgan fingerprint density at radius 3 is 2.20 bits per heavy atom. The van der Waals surface area contributed by atoms with Crippen molar-refractivity contribution in [3.05, 3.63) is 29.3 Å². The average Bonchev–Trinajstić information content (AvgIpc) is 2.36. The van der Waals surface area contributed by atoms with Gasteiger partial charge in [-0.1, -0.05) is 0 Å². The third kappa shape index (κ3) is 3.90. The highest BCUT2D eigenvalue weighted by Gasteiger charge is 2.20. The first-order valence-electron chi connectivity index (χ1n) is 6.92. The molecule has 0 bridgehead atoms. The summed E-state index contributed by atoms with van der Waals surface area (Å²) in [5.41, 5.74) is 0.593. The van der Waals surface area contributed by atoms with Gasteiger partial charge >= 0.3 is 0 Å². The minimum atomic E-state index is -0.502. The molecule has 2 rings (SSSR count). The molecule has 5 heteroatoms. The highest BCUT2D eigenvalue weighted by molar-refractivity contribution is 5.51. The van der Waals surface area contributed by atoms with Gasteiger partial charge < -0.3 is 15.0 Å². The quantitative estimate of drug-likeness (QED) is 0.923. The zero-order valence-electron chi connectivity index (χ0n) is 12.3. The molecule has 3 nitrogen and oxygen atoms in total. The highest BCUT2D eigenvalue weighted by atomic mass is 19.1. The van der Waals surface area contributed by atoms with Crippen molar-refractivity contribution in [1.82, 2.24) is 5.32 Å². The fourth-order valence-electron chi connectivity index (χ4n) is 2.18. The molecule has 1 aliphatic rings. The van der Waals surface area contributed by atoms with E-state index >= 15 is 0 Å². The van der Waals surface area contributed by atoms with Crippen molar-refractivity contribution < 1.29 is 13.5 Å². The molecule has 20 heavy (non-hydrogen) atoms. The standard InChI is InChI=1S/C15H22F2N2O/c1-15(2,3)18-10-11-8-12(16)14(13(17)9-11)19-4-6-20-7-5-19/h8-9,18H,4-7,10H2,1-3H3. The molecule has 0 unspecified atom stereocenters. The molecular weight excluding hydrogens is 262 g/mol. The second-order valence-electron chi connectivity index (χ2n) is 6.11. The number of nitrogens with zero attached hydrogens (tertiary/aromatic N) is 1. The van der Waals surface area contributed by atoms with Gasteiger partial charge in [-0.2, -0.15) is 0 Å². The monoisotopic (exact) mass is 284 g/mol. The van der Waals surface area contributed by atoms with Crippen molar-refractivity contribution in [3.63, 3.8) is 0 Å². The maximum absolute atomic E-state index is 14.2. The summed E-state index contributed by atoms with van der Waals surface area (Å²) in [7, 11) is 0. The Morgan fingerprint density at radius 2 is 1.70 bits per heavy atom. The smallest absolute Gasteiger partial charge is 0.149 e. The van der Waals surface area contributed by atoms with Crippen LogP contribution in [-0.4, -0.2) is 31.8 Å². The molecule has 0 saturated carbocycles. The molecule has 0 radical (unpaired) electrons. The van der Waals surface area contributed by atoms with Crippen molar-refractivity contribution in [3.8, 4) is 0 Å². The Balaban J connectivity index is 2.15. The molecule has 1 fully saturated rings. The maximum atomic E-state index is 14.2. The fourth-order valence-corrected chi connectivity index (χ4v) is 2.18. The Bertz CT molecular complexity index is 442. The first kappa shape index (κ1) is 15.2. The van der Waals surface area contributed by atoms with Crippen LogP contribution >= 0.6 is 0 Å². The van der Waals surface area contributed by atoms with E-state index in [2.05, 4.69) is 5.32 Å². The average molecular weight is 284 g/mol. The number of hydrogen-bond acceptors (Lipinski definition) is 3. The molecule has 1 aromatic rings. The molecule has 112 valence electrons. The number of rotatable bonds is 3. The molecule has 1 saturated heterocycles. The van der Waals surface area contributed by atoms with Gasteiger partial charge in [0.15, 0.2) is 0 Å². The van der Waals surface area contributed by atoms with Gasteiger partial charge in [-0.25, -0.2) is 8.78 Å². The van der Waals surface area contributed by atoms with Gasteiger partial charge in [0.2, 0.25) is 0 Å². The van der Waals surface area contributed by atoms with Crippen molar-refractivity contribution in [2.45, 2.75) is 32.9 Å². The first-order valence-corrected chi connectivity index (χ1v) is 6.92. The maximum Gasteiger partial charge on any atom is 0.149 e. The summed E-state index contributed by atoms with van der Waals surface area (Å²) in [6, 6.07) is 2.82. The predicted molar refractivity (Wildman–Crippen MR) is 76.0 cm³/mol. The lowest BCUT2D eigenvalue weighted by Gasteiger charge is -2.29. The van der Waals surface area contributed by atoms with E-state index in [1.165, 1.54) is 12.1 Å². The van der Waals surface area contributed by atoms with Crippen molar-refractivity contribution in [2.24, 2.45) is 0 Å². The number of morpholine rings is 1. The Hall–Kier alpha value is -1.20. The molecule has 1 aliphatic heterocycles. The second kappa shape index (κ2) is 6.06. The zero-order chi connectivity index (χ0) is 14.8. The van der Waals surface area contributed by atoms with Crippen LogP contribution in [0.15, 0.2) is 12.1 Å². The van der Waals surface area contributed by atoms with Gasteiger partial charge in [0, 0.05) is 25.2 Å². The number of hydrogen-bond donors (Lipinski definition) is 1. The van der Waals surface area contributed by atoms with Crippen LogP contribution in [0.3, 0.4) is 0 Å². The fraction of sp³-hybridized carbons (Fsp3) is 0.600. The van der Waals surface area contributed by atoms with E-state index in [0.717, 1.165) is 0 Å². The summed E-state index contributed by atoms with van der Waals surface area (Å²) >= 11 is 0. The minimum absolute atomic E-state index is 0.0628. The Morgan fingerprint density at radius 1 is 1.15 bits per heavy atom. The van der Waals surface area contributed by atoms with Gasteiger partial charge in [-0.15, -0.1) is 0 Å². The van der Waals surface area contributed by atoms with Crippen LogP contribution in [0.4, 0.5) is 14.5 Å². The molecule has 0 atom stereocenters. The molecule has 0 aliphatic carbocycles. The summed E-state index contributed by atoms with van der Waals surface area (Å²) < 4.78 is 33.5. The van der Waals surface area contributed by atoms with E-state index in [1.54, 1.807) is 4.90 Å². The van der Waals surface area contributed by atoms with Gasteiger partial charge in [-0.3, -0.25) is 0 Å². The van der Waals surface area contributed by atoms with Gasteiger partial charge in [0.1, 0.15) is 17.3 Å². The molecule has 0 amide bonds. The molecule has 1 N–H and O–H groups in total. The van der Waals surface area contributed by atoms with Crippen LogP contribution in [0.1, 0.15) is 26.3 Å². The SMILES string of the molecule is CC(C)(C)NCc1cc(F)c(N2CCOCC2)c(F)c1. The van der Waals surface area contributed by atoms with Crippen LogP contribution in [0.5, 0.6) is 0 Å². The van der Waals surface area contributed by atoms with E-state index in [-0.39, 0.29) is 11.2 Å². The number of nitrogens with one attached hydrogen (secondary N) is 1. The van der Waals surface area contributed by atoms with E-state index in [0.29, 0.717) is 38.4 Å². The summed E-state index contributed by atoms with van der Waals surface area (Å²) in [5.74, 6) is -1.00. The van der Waals surface area contributed by atoms with Crippen LogP contribution in [0.2, 0.25) is 0 Å². The predicted octanol–water partition coefficient (Wildman–Crippen LogP) is 2.69. The summed E-state index contributed by atoms with van der Waals surface area (Å²) in [4.78, 5) is 1.70. The van der Waals surface area contributed by atoms with Gasteiger partial charge in [0.05, 0.1) is 13.2 Å². The molecule has 0 spiro atoms. The molecule has 1 heterocycles. The van der Waals surface area contributed by atoms with E-state index in [4.69, 9.17) is 4.74 Å². The van der Waals surface area contributed by atoms with Crippen molar-refractivity contribution in [2.75, 3.05) is 31.2 Å². The third-order valence-corrected chi connectivity index (χ3v) is 3.23. The molecular formula is C15H22F2N2O. The number of halogens is 2. The van der Waals surface area contributed by atoms with Crippen LogP contribution in [-0.2, 0) is 11.3 Å². The van der Waals surface area contributed by atoms with Crippen molar-refractivity contribution in [1.29, 1.82) is 0 Å². The van der Waals surface area contributed by atoms with Crippen LogP contribution < -0.4 is 10.2 Å².